The second-order valence-electron chi connectivity index (χ2n) is 3.34. The van der Waals surface area contributed by atoms with Crippen molar-refractivity contribution in [1.29, 1.82) is 5.26 Å². The summed E-state index contributed by atoms with van der Waals surface area (Å²) in [6.07, 6.45) is -0.115. The summed E-state index contributed by atoms with van der Waals surface area (Å²) in [5, 5.41) is 17.3. The Morgan fingerprint density at radius 1 is 1.31 bits per heavy atom. The molecule has 1 atom stereocenters. The van der Waals surface area contributed by atoms with Crippen LogP contribution in [0.25, 0.3) is 0 Å². The molecule has 0 fully saturated rings. The van der Waals surface area contributed by atoms with Crippen LogP contribution >= 0.6 is 0 Å². The van der Waals surface area contributed by atoms with Crippen molar-refractivity contribution in [2.75, 3.05) is 0 Å². The molecule has 82 valence electrons. The quantitative estimate of drug-likeness (QED) is 0.763. The molecule has 0 radical (unpaired) electrons. The number of hydrogen-bond acceptors (Lipinski definition) is 3. The zero-order valence-electron chi connectivity index (χ0n) is 8.59. The number of aliphatic carboxylic acids is 1. The summed E-state index contributed by atoms with van der Waals surface area (Å²) in [6, 6.07) is 10.3. The Morgan fingerprint density at radius 2 is 1.94 bits per heavy atom. The van der Waals surface area contributed by atoms with Gasteiger partial charge in [-0.25, -0.2) is 0 Å². The molecule has 0 aliphatic rings. The van der Waals surface area contributed by atoms with Crippen LogP contribution in [0, 0.1) is 17.2 Å². The number of ketones is 1. The molecule has 16 heavy (non-hydrogen) atoms. The number of rotatable bonds is 5. The van der Waals surface area contributed by atoms with E-state index in [9.17, 15) is 9.59 Å². The predicted molar refractivity (Wildman–Crippen MR) is 56.7 cm³/mol. The van der Waals surface area contributed by atoms with E-state index in [2.05, 4.69) is 0 Å². The van der Waals surface area contributed by atoms with E-state index in [-0.39, 0.29) is 18.6 Å². The highest BCUT2D eigenvalue weighted by Crippen LogP contribution is 2.13. The first-order valence-electron chi connectivity index (χ1n) is 4.86. The van der Waals surface area contributed by atoms with Crippen LogP contribution in [0.4, 0.5) is 0 Å². The van der Waals surface area contributed by atoms with Crippen LogP contribution in [0.3, 0.4) is 0 Å². The van der Waals surface area contributed by atoms with Crippen molar-refractivity contribution in [2.24, 2.45) is 5.92 Å². The molecule has 1 aromatic carbocycles. The predicted octanol–water partition coefficient (Wildman–Crippen LogP) is 1.87. The molecule has 0 aliphatic heterocycles. The van der Waals surface area contributed by atoms with Crippen molar-refractivity contribution >= 4 is 11.8 Å². The van der Waals surface area contributed by atoms with Gasteiger partial charge in [-0.15, -0.1) is 0 Å². The number of carboxylic acid groups (broad SMARTS) is 1. The summed E-state index contributed by atoms with van der Waals surface area (Å²) < 4.78 is 0. The molecule has 0 aromatic heterocycles. The minimum absolute atomic E-state index is 0.0551. The minimum Gasteiger partial charge on any atom is -0.481 e. The van der Waals surface area contributed by atoms with Gasteiger partial charge in [0.25, 0.3) is 0 Å². The van der Waals surface area contributed by atoms with E-state index < -0.39 is 11.9 Å². The number of Topliss-reactive ketones (excluding diaryl/α,β-unsaturated/α-hetero) is 1. The van der Waals surface area contributed by atoms with Crippen molar-refractivity contribution in [1.82, 2.24) is 0 Å². The van der Waals surface area contributed by atoms with Gasteiger partial charge in [0.2, 0.25) is 0 Å². The Morgan fingerprint density at radius 3 is 2.44 bits per heavy atom. The van der Waals surface area contributed by atoms with Gasteiger partial charge < -0.3 is 5.11 Å². The highest BCUT2D eigenvalue weighted by atomic mass is 16.4. The lowest BCUT2D eigenvalue weighted by Crippen LogP contribution is -2.14. The van der Waals surface area contributed by atoms with Gasteiger partial charge in [-0.1, -0.05) is 30.3 Å². The van der Waals surface area contributed by atoms with Crippen LogP contribution in [0.15, 0.2) is 30.3 Å². The molecule has 1 rings (SSSR count). The Hall–Kier alpha value is -2.15. The fourth-order valence-corrected chi connectivity index (χ4v) is 1.33. The first-order chi connectivity index (χ1) is 7.65. The van der Waals surface area contributed by atoms with Crippen molar-refractivity contribution < 1.29 is 14.7 Å². The molecule has 0 spiro atoms. The zero-order valence-corrected chi connectivity index (χ0v) is 8.59. The highest BCUT2D eigenvalue weighted by Gasteiger charge is 2.20. The molecular weight excluding hydrogens is 206 g/mol. The maximum atomic E-state index is 11.8. The second kappa shape index (κ2) is 5.66. The monoisotopic (exact) mass is 217 g/mol. The Balaban J connectivity index is 2.71. The molecule has 0 saturated carbocycles. The summed E-state index contributed by atoms with van der Waals surface area (Å²) in [7, 11) is 0. The Kier molecular flexibility index (Phi) is 4.22. The zero-order chi connectivity index (χ0) is 12.0. The number of carboxylic acids is 1. The number of hydrogen-bond donors (Lipinski definition) is 1. The normalized spacial score (nSPS) is 11.4. The fourth-order valence-electron chi connectivity index (χ4n) is 1.33. The van der Waals surface area contributed by atoms with Crippen LogP contribution in [0.5, 0.6) is 0 Å². The molecular formula is C12H11NO3. The highest BCUT2D eigenvalue weighted by molar-refractivity contribution is 5.99. The topological polar surface area (TPSA) is 78.2 Å². The van der Waals surface area contributed by atoms with Crippen molar-refractivity contribution in [3.8, 4) is 6.07 Å². The molecule has 1 unspecified atom stereocenters. The molecule has 1 aromatic rings. The third kappa shape index (κ3) is 3.21. The SMILES string of the molecule is N#CC(CCC(=O)O)C(=O)c1ccccc1. The number of carbonyl (C=O) groups is 2. The summed E-state index contributed by atoms with van der Waals surface area (Å²) >= 11 is 0. The van der Waals surface area contributed by atoms with E-state index >= 15 is 0 Å². The van der Waals surface area contributed by atoms with Gasteiger partial charge in [-0.05, 0) is 6.42 Å². The second-order valence-corrected chi connectivity index (χ2v) is 3.34. The van der Waals surface area contributed by atoms with Crippen LogP contribution in [-0.4, -0.2) is 16.9 Å². The smallest absolute Gasteiger partial charge is 0.303 e. The van der Waals surface area contributed by atoms with E-state index in [4.69, 9.17) is 10.4 Å². The molecule has 4 nitrogen and oxygen atoms in total. The minimum atomic E-state index is -0.999. The first kappa shape index (κ1) is 11.9. The van der Waals surface area contributed by atoms with Crippen molar-refractivity contribution in [3.63, 3.8) is 0 Å². The average molecular weight is 217 g/mol. The third-order valence-electron chi connectivity index (χ3n) is 2.18. The van der Waals surface area contributed by atoms with E-state index in [0.29, 0.717) is 5.56 Å². The van der Waals surface area contributed by atoms with Gasteiger partial charge in [0.15, 0.2) is 5.78 Å². The van der Waals surface area contributed by atoms with Gasteiger partial charge in [0, 0.05) is 12.0 Å². The van der Waals surface area contributed by atoms with Crippen molar-refractivity contribution in [2.45, 2.75) is 12.8 Å². The van der Waals surface area contributed by atoms with Gasteiger partial charge >= 0.3 is 5.97 Å². The van der Waals surface area contributed by atoms with Gasteiger partial charge in [0.1, 0.15) is 5.92 Å². The van der Waals surface area contributed by atoms with E-state index in [0.717, 1.165) is 0 Å². The molecule has 0 heterocycles. The van der Waals surface area contributed by atoms with E-state index in [1.165, 1.54) is 0 Å². The average Bonchev–Trinajstić information content (AvgIpc) is 2.30. The maximum absolute atomic E-state index is 11.8. The first-order valence-corrected chi connectivity index (χ1v) is 4.86. The fraction of sp³-hybridized carbons (Fsp3) is 0.250. The standard InChI is InChI=1S/C12H11NO3/c13-8-10(6-7-11(14)15)12(16)9-4-2-1-3-5-9/h1-5,10H,6-7H2,(H,14,15). The van der Waals surface area contributed by atoms with E-state index in [1.54, 1.807) is 30.3 Å². The summed E-state index contributed by atoms with van der Waals surface area (Å²) in [6.45, 7) is 0. The van der Waals surface area contributed by atoms with Crippen LogP contribution < -0.4 is 0 Å². The number of benzene rings is 1. The lowest BCUT2D eigenvalue weighted by Gasteiger charge is -2.05. The largest absolute Gasteiger partial charge is 0.481 e. The molecule has 4 heteroatoms. The summed E-state index contributed by atoms with van der Waals surface area (Å²) in [5.41, 5.74) is 0.444. The molecule has 0 amide bonds. The van der Waals surface area contributed by atoms with Gasteiger partial charge in [-0.2, -0.15) is 5.26 Å². The van der Waals surface area contributed by atoms with Gasteiger partial charge in [-0.3, -0.25) is 9.59 Å². The van der Waals surface area contributed by atoms with Crippen LogP contribution in [-0.2, 0) is 4.79 Å². The molecule has 1 N–H and O–H groups in total. The third-order valence-corrected chi connectivity index (χ3v) is 2.18. The number of nitrogens with zero attached hydrogens (tertiary/aromatic N) is 1. The van der Waals surface area contributed by atoms with Crippen LogP contribution in [0.1, 0.15) is 23.2 Å². The summed E-state index contributed by atoms with van der Waals surface area (Å²) in [5.74, 6) is -2.19. The Bertz CT molecular complexity index is 420. The van der Waals surface area contributed by atoms with Crippen molar-refractivity contribution in [3.05, 3.63) is 35.9 Å². The lowest BCUT2D eigenvalue weighted by atomic mass is 9.95. The summed E-state index contributed by atoms with van der Waals surface area (Å²) in [4.78, 5) is 22.1. The lowest BCUT2D eigenvalue weighted by molar-refractivity contribution is -0.137. The number of nitriles is 1. The molecule has 0 bridgehead atoms. The maximum Gasteiger partial charge on any atom is 0.303 e. The van der Waals surface area contributed by atoms with Crippen LogP contribution in [0.2, 0.25) is 0 Å². The molecule has 0 saturated heterocycles. The van der Waals surface area contributed by atoms with E-state index in [1.807, 2.05) is 6.07 Å². The number of carbonyl (C=O) groups excluding carboxylic acids is 1. The Labute approximate surface area is 93.1 Å². The molecule has 0 aliphatic carbocycles. The van der Waals surface area contributed by atoms with Gasteiger partial charge in [0.05, 0.1) is 6.07 Å².